The molecule has 1 rings (SSSR count). The standard InChI is InChI=1S/C8H12N2O5P/c9-15-16(13)14-6-5-7-1-3-8(4-2-7)10(11)12/h1-4,16H,5-6H2,9H3/q+2. The topological polar surface area (TPSA) is 109 Å². The average molecular weight is 247 g/mol. The number of rotatable bonds is 6. The lowest BCUT2D eigenvalue weighted by Crippen LogP contribution is -2.46. The average Bonchev–Trinajstić information content (AvgIpc) is 2.29. The molecule has 3 N–H and O–H groups in total. The number of nitro benzene ring substituents is 1. The summed E-state index contributed by atoms with van der Waals surface area (Å²) in [5.41, 5.74) is 0.906. The number of nitro groups is 1. The zero-order chi connectivity index (χ0) is 12.0. The Hall–Kier alpha value is -1.11. The molecular weight excluding hydrogens is 235 g/mol. The second-order valence-corrected chi connectivity index (χ2v) is 3.99. The largest absolute Gasteiger partial charge is 0.506 e. The predicted octanol–water partition coefficient (Wildman–Crippen LogP) is 0.717. The summed E-state index contributed by atoms with van der Waals surface area (Å²) in [6, 6.07) is 6.08. The fourth-order valence-electron chi connectivity index (χ4n) is 1.08. The molecule has 0 aliphatic heterocycles. The quantitative estimate of drug-likeness (QED) is 0.453. The van der Waals surface area contributed by atoms with Crippen molar-refractivity contribution in [1.82, 2.24) is 0 Å². The highest BCUT2D eigenvalue weighted by Gasteiger charge is 2.17. The molecule has 0 aliphatic carbocycles. The first-order valence-corrected chi connectivity index (χ1v) is 5.68. The van der Waals surface area contributed by atoms with Gasteiger partial charge in [0.15, 0.2) is 0 Å². The van der Waals surface area contributed by atoms with Gasteiger partial charge in [-0.15, -0.1) is 0 Å². The molecule has 1 aromatic rings. The summed E-state index contributed by atoms with van der Waals surface area (Å²) in [5.74, 6) is 2.98. The minimum atomic E-state index is -2.49. The first-order valence-electron chi connectivity index (χ1n) is 4.45. The van der Waals surface area contributed by atoms with Gasteiger partial charge in [-0.3, -0.25) is 10.1 Å². The van der Waals surface area contributed by atoms with E-state index in [0.29, 0.717) is 6.42 Å². The van der Waals surface area contributed by atoms with Crippen molar-refractivity contribution in [1.29, 1.82) is 0 Å². The first kappa shape index (κ1) is 13.0. The molecule has 0 bridgehead atoms. The minimum Gasteiger partial charge on any atom is -0.258 e. The summed E-state index contributed by atoms with van der Waals surface area (Å²) in [7, 11) is -2.49. The van der Waals surface area contributed by atoms with E-state index in [1.165, 1.54) is 12.1 Å². The van der Waals surface area contributed by atoms with Gasteiger partial charge in [-0.05, 0) is 5.56 Å². The molecular formula is C8H12N2O5P+2. The minimum absolute atomic E-state index is 0.0411. The highest BCUT2D eigenvalue weighted by molar-refractivity contribution is 7.40. The number of quaternary nitrogens is 1. The van der Waals surface area contributed by atoms with Crippen LogP contribution in [0.5, 0.6) is 0 Å². The normalized spacial score (nSPS) is 12.4. The highest BCUT2D eigenvalue weighted by atomic mass is 31.2. The van der Waals surface area contributed by atoms with Crippen LogP contribution in [0.1, 0.15) is 5.56 Å². The number of non-ortho nitro benzene ring substituents is 1. The molecule has 0 heterocycles. The molecule has 0 fully saturated rings. The van der Waals surface area contributed by atoms with Crippen LogP contribution in [0.25, 0.3) is 0 Å². The predicted molar refractivity (Wildman–Crippen MR) is 55.7 cm³/mol. The van der Waals surface area contributed by atoms with Crippen LogP contribution in [-0.2, 0) is 20.5 Å². The SMILES string of the molecule is [NH3+]O[PH+]([O])OCCc1ccc([N+](=O)[O-])cc1. The zero-order valence-electron chi connectivity index (χ0n) is 8.42. The molecule has 1 aromatic carbocycles. The van der Waals surface area contributed by atoms with Crippen molar-refractivity contribution in [3.8, 4) is 0 Å². The van der Waals surface area contributed by atoms with E-state index in [-0.39, 0.29) is 12.3 Å². The van der Waals surface area contributed by atoms with Gasteiger partial charge in [-0.2, -0.15) is 10.4 Å². The summed E-state index contributed by atoms with van der Waals surface area (Å²) in [4.78, 5) is 20.6. The Morgan fingerprint density at radius 2 is 2.00 bits per heavy atom. The van der Waals surface area contributed by atoms with Crippen molar-refractivity contribution in [3.05, 3.63) is 39.9 Å². The molecule has 0 saturated heterocycles. The van der Waals surface area contributed by atoms with Crippen LogP contribution in [0.2, 0.25) is 0 Å². The van der Waals surface area contributed by atoms with Gasteiger partial charge in [0.05, 0.1) is 4.92 Å². The Morgan fingerprint density at radius 1 is 1.38 bits per heavy atom. The molecule has 7 nitrogen and oxygen atoms in total. The molecule has 8 heteroatoms. The summed E-state index contributed by atoms with van der Waals surface area (Å²) >= 11 is 0. The molecule has 1 unspecified atom stereocenters. The Morgan fingerprint density at radius 3 is 2.50 bits per heavy atom. The van der Waals surface area contributed by atoms with Crippen molar-refractivity contribution in [2.45, 2.75) is 6.42 Å². The maximum absolute atomic E-state index is 10.7. The second kappa shape index (κ2) is 6.47. The summed E-state index contributed by atoms with van der Waals surface area (Å²) < 4.78 is 9.02. The maximum Gasteiger partial charge on any atom is 0.506 e. The highest BCUT2D eigenvalue weighted by Crippen LogP contribution is 2.30. The van der Waals surface area contributed by atoms with E-state index in [1.807, 2.05) is 0 Å². The molecule has 1 atom stereocenters. The van der Waals surface area contributed by atoms with Gasteiger partial charge in [0.1, 0.15) is 6.61 Å². The number of hydrogen-bond donors (Lipinski definition) is 1. The zero-order valence-corrected chi connectivity index (χ0v) is 9.42. The summed E-state index contributed by atoms with van der Waals surface area (Å²) in [5, 5.41) is 10.4. The van der Waals surface area contributed by atoms with Gasteiger partial charge < -0.3 is 0 Å². The van der Waals surface area contributed by atoms with E-state index in [0.717, 1.165) is 5.56 Å². The Labute approximate surface area is 92.9 Å². The molecule has 87 valence electrons. The number of benzene rings is 1. The third kappa shape index (κ3) is 4.18. The van der Waals surface area contributed by atoms with Crippen molar-refractivity contribution in [2.75, 3.05) is 6.61 Å². The lowest BCUT2D eigenvalue weighted by Gasteiger charge is -1.98. The van der Waals surface area contributed by atoms with Crippen molar-refractivity contribution in [2.24, 2.45) is 0 Å². The van der Waals surface area contributed by atoms with Crippen LogP contribution in [0.3, 0.4) is 0 Å². The Kier molecular flexibility index (Phi) is 5.24. The van der Waals surface area contributed by atoms with Crippen LogP contribution < -0.4 is 5.90 Å². The lowest BCUT2D eigenvalue weighted by atomic mass is 10.1. The lowest BCUT2D eigenvalue weighted by molar-refractivity contribution is -0.640. The van der Waals surface area contributed by atoms with Gasteiger partial charge in [-0.1, -0.05) is 12.1 Å². The smallest absolute Gasteiger partial charge is 0.258 e. The Balaban J connectivity index is 2.40. The van der Waals surface area contributed by atoms with Crippen LogP contribution in [-0.4, -0.2) is 11.5 Å². The second-order valence-electron chi connectivity index (χ2n) is 2.92. The van der Waals surface area contributed by atoms with Crippen LogP contribution in [0.4, 0.5) is 5.69 Å². The summed E-state index contributed by atoms with van der Waals surface area (Å²) in [6.07, 6.45) is 0.512. The molecule has 1 radical (unpaired) electrons. The third-order valence-corrected chi connectivity index (χ3v) is 2.55. The van der Waals surface area contributed by atoms with E-state index in [2.05, 4.69) is 10.5 Å². The first-order chi connectivity index (χ1) is 7.63. The van der Waals surface area contributed by atoms with Gasteiger partial charge in [0.2, 0.25) is 0 Å². The van der Waals surface area contributed by atoms with E-state index >= 15 is 0 Å². The number of hydrogen-bond acceptors (Lipinski definition) is 4. The van der Waals surface area contributed by atoms with Crippen LogP contribution >= 0.6 is 8.60 Å². The number of nitrogens with zero attached hydrogens (tertiary/aromatic N) is 1. The van der Waals surface area contributed by atoms with Gasteiger partial charge >= 0.3 is 8.60 Å². The maximum atomic E-state index is 10.7. The van der Waals surface area contributed by atoms with Crippen LogP contribution in [0, 0.1) is 10.1 Å². The van der Waals surface area contributed by atoms with Crippen LogP contribution in [0.15, 0.2) is 24.3 Å². The molecule has 0 aromatic heterocycles. The fraction of sp³-hybridized carbons (Fsp3) is 0.250. The fourth-order valence-corrected chi connectivity index (χ4v) is 1.43. The molecule has 0 amide bonds. The molecule has 0 aliphatic rings. The van der Waals surface area contributed by atoms with Gasteiger partial charge in [-0.25, -0.2) is 0 Å². The van der Waals surface area contributed by atoms with Gasteiger partial charge in [0.25, 0.3) is 5.69 Å². The van der Waals surface area contributed by atoms with Crippen molar-refractivity contribution < 1.29 is 24.9 Å². The van der Waals surface area contributed by atoms with E-state index < -0.39 is 13.5 Å². The van der Waals surface area contributed by atoms with E-state index in [9.17, 15) is 15.0 Å². The molecule has 0 spiro atoms. The van der Waals surface area contributed by atoms with Crippen molar-refractivity contribution >= 4 is 14.3 Å². The van der Waals surface area contributed by atoms with E-state index in [4.69, 9.17) is 4.52 Å². The monoisotopic (exact) mass is 247 g/mol. The summed E-state index contributed by atoms with van der Waals surface area (Å²) in [6.45, 7) is 0.227. The van der Waals surface area contributed by atoms with Crippen molar-refractivity contribution in [3.63, 3.8) is 0 Å². The Bertz CT molecular complexity index is 345. The molecule has 16 heavy (non-hydrogen) atoms. The third-order valence-electron chi connectivity index (χ3n) is 1.88. The van der Waals surface area contributed by atoms with Gasteiger partial charge in [0, 0.05) is 28.1 Å². The van der Waals surface area contributed by atoms with E-state index in [1.54, 1.807) is 12.1 Å². The molecule has 0 saturated carbocycles.